The highest BCUT2D eigenvalue weighted by Crippen LogP contribution is 2.28. The molecule has 2 N–H and O–H groups in total. The van der Waals surface area contributed by atoms with Crippen molar-refractivity contribution >= 4 is 5.97 Å². The van der Waals surface area contributed by atoms with Crippen LogP contribution in [0.25, 0.3) is 5.69 Å². The molecule has 1 aliphatic heterocycles. The molecule has 1 saturated heterocycles. The van der Waals surface area contributed by atoms with E-state index in [0.717, 1.165) is 11.3 Å². The number of nitrogens with zero attached hydrogens (tertiary/aromatic N) is 2. The van der Waals surface area contributed by atoms with Gasteiger partial charge < -0.3 is 10.4 Å². The first-order valence-electron chi connectivity index (χ1n) is 7.83. The number of hydrogen-bond acceptors (Lipinski definition) is 3. The Bertz CT molecular complexity index is 775. The zero-order chi connectivity index (χ0) is 16.6. The number of carboxylic acid groups (broad SMARTS) is 1. The normalized spacial score (nSPS) is 21.0. The van der Waals surface area contributed by atoms with Gasteiger partial charge >= 0.3 is 11.7 Å². The van der Waals surface area contributed by atoms with Gasteiger partial charge in [-0.1, -0.05) is 12.1 Å². The number of aliphatic carboxylic acids is 1. The predicted molar refractivity (Wildman–Crippen MR) is 86.9 cm³/mol. The average molecular weight is 315 g/mol. The lowest BCUT2D eigenvalue weighted by Gasteiger charge is -2.12. The minimum atomic E-state index is -0.763. The molecule has 0 aliphatic carbocycles. The van der Waals surface area contributed by atoms with E-state index in [2.05, 4.69) is 5.32 Å². The van der Waals surface area contributed by atoms with Crippen molar-refractivity contribution in [1.82, 2.24) is 14.5 Å². The Labute approximate surface area is 134 Å². The Morgan fingerprint density at radius 1 is 1.35 bits per heavy atom. The molecule has 0 radical (unpaired) electrons. The third-order valence-electron chi connectivity index (χ3n) is 4.39. The van der Waals surface area contributed by atoms with E-state index in [0.29, 0.717) is 13.0 Å². The Morgan fingerprint density at radius 2 is 2.13 bits per heavy atom. The van der Waals surface area contributed by atoms with E-state index in [1.165, 1.54) is 0 Å². The van der Waals surface area contributed by atoms with Gasteiger partial charge in [0, 0.05) is 31.0 Å². The fraction of sp³-hybridized carbons (Fsp3) is 0.412. The van der Waals surface area contributed by atoms with Gasteiger partial charge in [-0.25, -0.2) is 4.79 Å². The molecule has 0 saturated carbocycles. The van der Waals surface area contributed by atoms with Crippen molar-refractivity contribution in [1.29, 1.82) is 0 Å². The van der Waals surface area contributed by atoms with Crippen molar-refractivity contribution in [2.24, 2.45) is 5.92 Å². The monoisotopic (exact) mass is 315 g/mol. The second-order valence-electron chi connectivity index (χ2n) is 6.28. The van der Waals surface area contributed by atoms with E-state index >= 15 is 0 Å². The number of nitrogens with one attached hydrogen (secondary N) is 1. The summed E-state index contributed by atoms with van der Waals surface area (Å²) in [6.45, 7) is 4.42. The van der Waals surface area contributed by atoms with Crippen molar-refractivity contribution in [2.75, 3.05) is 6.54 Å². The molecular weight excluding hydrogens is 294 g/mol. The Kier molecular flexibility index (Phi) is 4.09. The highest BCUT2D eigenvalue weighted by molar-refractivity contribution is 5.70. The van der Waals surface area contributed by atoms with Crippen LogP contribution in [-0.2, 0) is 4.79 Å². The van der Waals surface area contributed by atoms with Crippen LogP contribution in [0.15, 0.2) is 41.5 Å². The molecule has 23 heavy (non-hydrogen) atoms. The number of benzene rings is 1. The summed E-state index contributed by atoms with van der Waals surface area (Å²) in [4.78, 5) is 23.5. The van der Waals surface area contributed by atoms with E-state index in [1.807, 2.05) is 38.1 Å². The highest BCUT2D eigenvalue weighted by atomic mass is 16.4. The van der Waals surface area contributed by atoms with E-state index < -0.39 is 5.97 Å². The van der Waals surface area contributed by atoms with E-state index in [4.69, 9.17) is 5.11 Å². The molecule has 122 valence electrons. The van der Waals surface area contributed by atoms with Crippen molar-refractivity contribution in [3.8, 4) is 5.69 Å². The summed E-state index contributed by atoms with van der Waals surface area (Å²) < 4.78 is 3.30. The van der Waals surface area contributed by atoms with E-state index in [-0.39, 0.29) is 23.7 Å². The fourth-order valence-electron chi connectivity index (χ4n) is 3.05. The van der Waals surface area contributed by atoms with Gasteiger partial charge in [-0.05, 0) is 38.0 Å². The summed E-state index contributed by atoms with van der Waals surface area (Å²) in [5, 5.41) is 12.4. The van der Waals surface area contributed by atoms with Gasteiger partial charge in [-0.2, -0.15) is 0 Å². The van der Waals surface area contributed by atoms with Crippen molar-refractivity contribution in [3.63, 3.8) is 0 Å². The van der Waals surface area contributed by atoms with Gasteiger partial charge in [0.15, 0.2) is 0 Å². The van der Waals surface area contributed by atoms with Crippen molar-refractivity contribution < 1.29 is 9.90 Å². The molecule has 2 atom stereocenters. The molecule has 6 nitrogen and oxygen atoms in total. The summed E-state index contributed by atoms with van der Waals surface area (Å²) in [6, 6.07) is 7.83. The zero-order valence-corrected chi connectivity index (χ0v) is 13.3. The summed E-state index contributed by atoms with van der Waals surface area (Å²) in [7, 11) is 0. The maximum absolute atomic E-state index is 12.4. The molecule has 1 aromatic carbocycles. The number of rotatable bonds is 4. The molecule has 3 rings (SSSR count). The summed E-state index contributed by atoms with van der Waals surface area (Å²) in [5.74, 6) is -1.12. The number of hydrogen-bond donors (Lipinski definition) is 2. The number of carboxylic acids is 1. The Balaban J connectivity index is 1.89. The lowest BCUT2D eigenvalue weighted by molar-refractivity contribution is -0.141. The maximum Gasteiger partial charge on any atom is 0.332 e. The largest absolute Gasteiger partial charge is 0.481 e. The number of aromatic nitrogens is 2. The lowest BCUT2D eigenvalue weighted by Crippen LogP contribution is -2.24. The van der Waals surface area contributed by atoms with Crippen molar-refractivity contribution in [3.05, 3.63) is 52.7 Å². The zero-order valence-electron chi connectivity index (χ0n) is 13.3. The first-order chi connectivity index (χ1) is 11.0. The molecule has 0 spiro atoms. The second kappa shape index (κ2) is 6.04. The molecule has 1 fully saturated rings. The smallest absolute Gasteiger partial charge is 0.332 e. The van der Waals surface area contributed by atoms with Crippen molar-refractivity contribution in [2.45, 2.75) is 32.4 Å². The third kappa shape index (κ3) is 2.94. The van der Waals surface area contributed by atoms with Crippen LogP contribution in [0.2, 0.25) is 0 Å². The Hall–Kier alpha value is -2.34. The second-order valence-corrected chi connectivity index (χ2v) is 6.28. The van der Waals surface area contributed by atoms with E-state index in [9.17, 15) is 9.59 Å². The SMILES string of the molecule is CC(C)n1ccn(-c2cccc(C3CC(C(=O)O)CN3)c2)c1=O. The first-order valence-corrected chi connectivity index (χ1v) is 7.83. The molecule has 6 heteroatoms. The van der Waals surface area contributed by atoms with Crippen LogP contribution in [0.5, 0.6) is 0 Å². The molecule has 0 amide bonds. The topological polar surface area (TPSA) is 76.3 Å². The number of carbonyl (C=O) groups is 1. The Morgan fingerprint density at radius 3 is 2.74 bits per heavy atom. The molecule has 1 aliphatic rings. The molecule has 0 bridgehead atoms. The van der Waals surface area contributed by atoms with Crippen LogP contribution in [0.3, 0.4) is 0 Å². The fourth-order valence-corrected chi connectivity index (χ4v) is 3.05. The predicted octanol–water partition coefficient (Wildman–Crippen LogP) is 1.96. The van der Waals surface area contributed by atoms with Gasteiger partial charge in [-0.3, -0.25) is 13.9 Å². The minimum absolute atomic E-state index is 0.0129. The first kappa shape index (κ1) is 15.6. The molecule has 2 heterocycles. The molecule has 1 aromatic heterocycles. The lowest BCUT2D eigenvalue weighted by atomic mass is 10.00. The molecule has 2 unspecified atom stereocenters. The van der Waals surface area contributed by atoms with E-state index in [1.54, 1.807) is 21.5 Å². The summed E-state index contributed by atoms with van der Waals surface area (Å²) in [5.41, 5.74) is 1.74. The maximum atomic E-state index is 12.4. The van der Waals surface area contributed by atoms with Crippen LogP contribution in [-0.4, -0.2) is 26.8 Å². The summed E-state index contributed by atoms with van der Waals surface area (Å²) in [6.07, 6.45) is 4.12. The molecule has 2 aromatic rings. The van der Waals surface area contributed by atoms with Crippen LogP contribution in [0, 0.1) is 5.92 Å². The van der Waals surface area contributed by atoms with Gasteiger partial charge in [0.25, 0.3) is 0 Å². The van der Waals surface area contributed by atoms with Gasteiger partial charge in [0.1, 0.15) is 0 Å². The van der Waals surface area contributed by atoms with Crippen LogP contribution >= 0.6 is 0 Å². The minimum Gasteiger partial charge on any atom is -0.481 e. The summed E-state index contributed by atoms with van der Waals surface area (Å²) >= 11 is 0. The third-order valence-corrected chi connectivity index (χ3v) is 4.39. The van der Waals surface area contributed by atoms with Gasteiger partial charge in [0.2, 0.25) is 0 Å². The number of imidazole rings is 1. The van der Waals surface area contributed by atoms with Crippen LogP contribution < -0.4 is 11.0 Å². The van der Waals surface area contributed by atoms with Gasteiger partial charge in [0.05, 0.1) is 11.6 Å². The average Bonchev–Trinajstić information content (AvgIpc) is 3.14. The standard InChI is InChI=1S/C17H21N3O3/c1-11(2)19-6-7-20(17(19)23)14-5-3-4-12(8-14)15-9-13(10-18-15)16(21)22/h3-8,11,13,15,18H,9-10H2,1-2H3,(H,21,22). The highest BCUT2D eigenvalue weighted by Gasteiger charge is 2.30. The van der Waals surface area contributed by atoms with Gasteiger partial charge in [-0.15, -0.1) is 0 Å². The van der Waals surface area contributed by atoms with Crippen LogP contribution in [0.1, 0.15) is 37.9 Å². The quantitative estimate of drug-likeness (QED) is 0.904. The molecular formula is C17H21N3O3. The van der Waals surface area contributed by atoms with Crippen LogP contribution in [0.4, 0.5) is 0 Å².